The Morgan fingerprint density at radius 2 is 2.29 bits per heavy atom. The Balaban J connectivity index is 1.61. The first-order valence-corrected chi connectivity index (χ1v) is 6.01. The van der Waals surface area contributed by atoms with Gasteiger partial charge in [0.15, 0.2) is 0 Å². The fraction of sp³-hybridized carbons (Fsp3) is 0.500. The maximum atomic E-state index is 4.39. The molecule has 0 bridgehead atoms. The Labute approximate surface area is 100 Å². The van der Waals surface area contributed by atoms with E-state index in [1.165, 1.54) is 12.8 Å². The van der Waals surface area contributed by atoms with Crippen molar-refractivity contribution in [3.63, 3.8) is 0 Å². The van der Waals surface area contributed by atoms with Gasteiger partial charge in [0, 0.05) is 38.2 Å². The number of hydrogen-bond donors (Lipinski definition) is 1. The van der Waals surface area contributed by atoms with Gasteiger partial charge in [0.1, 0.15) is 5.82 Å². The molecule has 0 unspecified atom stereocenters. The highest BCUT2D eigenvalue weighted by molar-refractivity contribution is 5.01. The van der Waals surface area contributed by atoms with Crippen LogP contribution in [-0.2, 0) is 20.1 Å². The van der Waals surface area contributed by atoms with Gasteiger partial charge in [0.05, 0.1) is 18.6 Å². The average molecular weight is 231 g/mol. The number of aromatic nitrogens is 4. The topological polar surface area (TPSA) is 47.7 Å². The number of hydrogen-bond acceptors (Lipinski definition) is 3. The molecule has 0 saturated heterocycles. The molecule has 1 fully saturated rings. The smallest absolute Gasteiger partial charge is 0.128 e. The summed E-state index contributed by atoms with van der Waals surface area (Å²) >= 11 is 0. The molecule has 2 aromatic heterocycles. The number of imidazole rings is 2. The van der Waals surface area contributed by atoms with Crippen molar-refractivity contribution in [3.8, 4) is 0 Å². The van der Waals surface area contributed by atoms with Crippen LogP contribution in [0.5, 0.6) is 0 Å². The second-order valence-electron chi connectivity index (χ2n) is 4.65. The minimum Gasteiger partial charge on any atom is -0.337 e. The zero-order valence-electron chi connectivity index (χ0n) is 10.0. The van der Waals surface area contributed by atoms with Crippen molar-refractivity contribution in [3.05, 3.63) is 36.4 Å². The molecule has 1 N–H and O–H groups in total. The van der Waals surface area contributed by atoms with E-state index in [2.05, 4.69) is 26.0 Å². The van der Waals surface area contributed by atoms with Crippen molar-refractivity contribution < 1.29 is 0 Å². The summed E-state index contributed by atoms with van der Waals surface area (Å²) in [6.07, 6.45) is 10.4. The minimum atomic E-state index is 0.731. The molecule has 1 aliphatic rings. The van der Waals surface area contributed by atoms with Crippen LogP contribution in [0.3, 0.4) is 0 Å². The number of nitrogens with one attached hydrogen (secondary N) is 1. The van der Waals surface area contributed by atoms with Crippen LogP contribution in [0.15, 0.2) is 24.9 Å². The second kappa shape index (κ2) is 4.33. The van der Waals surface area contributed by atoms with E-state index in [-0.39, 0.29) is 0 Å². The third-order valence-electron chi connectivity index (χ3n) is 3.08. The highest BCUT2D eigenvalue weighted by Gasteiger charge is 2.20. The molecule has 0 radical (unpaired) electrons. The summed E-state index contributed by atoms with van der Waals surface area (Å²) < 4.78 is 4.11. The van der Waals surface area contributed by atoms with Crippen LogP contribution >= 0.6 is 0 Å². The summed E-state index contributed by atoms with van der Waals surface area (Å²) in [7, 11) is 2.01. The van der Waals surface area contributed by atoms with Crippen LogP contribution in [0.4, 0.5) is 0 Å². The third kappa shape index (κ3) is 2.55. The number of nitrogens with zero attached hydrogens (tertiary/aromatic N) is 4. The first-order chi connectivity index (χ1) is 8.31. The van der Waals surface area contributed by atoms with Crippen molar-refractivity contribution in [2.24, 2.45) is 7.05 Å². The van der Waals surface area contributed by atoms with Gasteiger partial charge >= 0.3 is 0 Å². The lowest BCUT2D eigenvalue weighted by Crippen LogP contribution is -2.15. The summed E-state index contributed by atoms with van der Waals surface area (Å²) in [6, 6.07) is 0.731. The largest absolute Gasteiger partial charge is 0.337 e. The summed E-state index contributed by atoms with van der Waals surface area (Å²) in [5, 5.41) is 3.46. The van der Waals surface area contributed by atoms with Crippen LogP contribution in [0.2, 0.25) is 0 Å². The molecule has 3 rings (SSSR count). The Kier molecular flexibility index (Phi) is 2.68. The van der Waals surface area contributed by atoms with Crippen molar-refractivity contribution in [1.29, 1.82) is 0 Å². The van der Waals surface area contributed by atoms with E-state index >= 15 is 0 Å². The lowest BCUT2D eigenvalue weighted by atomic mass is 10.4. The molecule has 5 heteroatoms. The standard InChI is InChI=1S/C12H17N5/c1-16-5-4-13-12(16)8-17-7-11(15-9-17)6-14-10-2-3-10/h4-5,7,9-10,14H,2-3,6,8H2,1H3. The molecule has 0 atom stereocenters. The Morgan fingerprint density at radius 1 is 1.41 bits per heavy atom. The van der Waals surface area contributed by atoms with E-state index in [1.807, 2.05) is 30.3 Å². The molecule has 1 aliphatic carbocycles. The van der Waals surface area contributed by atoms with Gasteiger partial charge in [-0.1, -0.05) is 0 Å². The van der Waals surface area contributed by atoms with Crippen LogP contribution < -0.4 is 5.32 Å². The molecule has 2 heterocycles. The predicted molar refractivity (Wildman–Crippen MR) is 64.4 cm³/mol. The Morgan fingerprint density at radius 3 is 3.00 bits per heavy atom. The van der Waals surface area contributed by atoms with Gasteiger partial charge < -0.3 is 14.5 Å². The quantitative estimate of drug-likeness (QED) is 0.832. The number of rotatable bonds is 5. The fourth-order valence-electron chi connectivity index (χ4n) is 1.83. The molecule has 0 aromatic carbocycles. The van der Waals surface area contributed by atoms with Crippen LogP contribution in [0.25, 0.3) is 0 Å². The van der Waals surface area contributed by atoms with Gasteiger partial charge in [-0.3, -0.25) is 0 Å². The lowest BCUT2D eigenvalue weighted by Gasteiger charge is -2.02. The van der Waals surface area contributed by atoms with E-state index in [0.717, 1.165) is 30.6 Å². The van der Waals surface area contributed by atoms with Gasteiger partial charge in [-0.05, 0) is 12.8 Å². The predicted octanol–water partition coefficient (Wildman–Crippen LogP) is 0.917. The van der Waals surface area contributed by atoms with Gasteiger partial charge in [-0.2, -0.15) is 0 Å². The van der Waals surface area contributed by atoms with E-state index in [0.29, 0.717) is 0 Å². The Hall–Kier alpha value is -1.62. The minimum absolute atomic E-state index is 0.731. The van der Waals surface area contributed by atoms with Gasteiger partial charge in [-0.25, -0.2) is 9.97 Å². The van der Waals surface area contributed by atoms with E-state index in [1.54, 1.807) is 0 Å². The highest BCUT2D eigenvalue weighted by atomic mass is 15.1. The van der Waals surface area contributed by atoms with Crippen molar-refractivity contribution in [1.82, 2.24) is 24.4 Å². The molecular weight excluding hydrogens is 214 g/mol. The highest BCUT2D eigenvalue weighted by Crippen LogP contribution is 2.18. The summed E-state index contributed by atoms with van der Waals surface area (Å²) in [6.45, 7) is 1.65. The normalized spacial score (nSPS) is 15.4. The Bertz CT molecular complexity index is 494. The summed E-state index contributed by atoms with van der Waals surface area (Å²) in [5.74, 6) is 1.05. The van der Waals surface area contributed by atoms with Gasteiger partial charge in [0.25, 0.3) is 0 Å². The molecule has 0 amide bonds. The first-order valence-electron chi connectivity index (χ1n) is 6.01. The van der Waals surface area contributed by atoms with Crippen LogP contribution in [0, 0.1) is 0 Å². The molecule has 90 valence electrons. The zero-order valence-corrected chi connectivity index (χ0v) is 10.0. The van der Waals surface area contributed by atoms with Gasteiger partial charge in [-0.15, -0.1) is 0 Å². The maximum absolute atomic E-state index is 4.39. The lowest BCUT2D eigenvalue weighted by molar-refractivity contribution is 0.673. The summed E-state index contributed by atoms with van der Waals surface area (Å²) in [4.78, 5) is 8.69. The molecule has 5 nitrogen and oxygen atoms in total. The van der Waals surface area contributed by atoms with E-state index < -0.39 is 0 Å². The SMILES string of the molecule is Cn1ccnc1Cn1cnc(CNC2CC2)c1. The van der Waals surface area contributed by atoms with Crippen LogP contribution in [-0.4, -0.2) is 25.1 Å². The van der Waals surface area contributed by atoms with Crippen molar-refractivity contribution in [2.75, 3.05) is 0 Å². The fourth-order valence-corrected chi connectivity index (χ4v) is 1.83. The van der Waals surface area contributed by atoms with E-state index in [4.69, 9.17) is 0 Å². The average Bonchev–Trinajstić information content (AvgIpc) is 2.92. The van der Waals surface area contributed by atoms with E-state index in [9.17, 15) is 0 Å². The van der Waals surface area contributed by atoms with Gasteiger partial charge in [0.2, 0.25) is 0 Å². The molecule has 0 spiro atoms. The summed E-state index contributed by atoms with van der Waals surface area (Å²) in [5.41, 5.74) is 1.10. The second-order valence-corrected chi connectivity index (χ2v) is 4.65. The molecule has 0 aliphatic heterocycles. The third-order valence-corrected chi connectivity index (χ3v) is 3.08. The molecule has 17 heavy (non-hydrogen) atoms. The van der Waals surface area contributed by atoms with Crippen molar-refractivity contribution in [2.45, 2.75) is 32.0 Å². The zero-order chi connectivity index (χ0) is 11.7. The molecular formula is C12H17N5. The molecule has 1 saturated carbocycles. The maximum Gasteiger partial charge on any atom is 0.128 e. The molecule has 2 aromatic rings. The first kappa shape index (κ1) is 10.5. The van der Waals surface area contributed by atoms with Crippen LogP contribution in [0.1, 0.15) is 24.4 Å². The monoisotopic (exact) mass is 231 g/mol. The number of aryl methyl sites for hydroxylation is 1. The van der Waals surface area contributed by atoms with Crippen molar-refractivity contribution >= 4 is 0 Å².